The summed E-state index contributed by atoms with van der Waals surface area (Å²) >= 11 is 0. The first-order chi connectivity index (χ1) is 18.7. The number of nitrogens with one attached hydrogen (secondary N) is 1. The molecule has 1 unspecified atom stereocenters. The van der Waals surface area contributed by atoms with Crippen molar-refractivity contribution in [1.29, 1.82) is 0 Å². The number of ether oxygens (including phenoxy) is 2. The molecule has 1 saturated heterocycles. The number of benzene rings is 2. The summed E-state index contributed by atoms with van der Waals surface area (Å²) in [6.45, 7) is 2.43. The molecule has 2 N–H and O–H groups in total. The molecule has 0 spiro atoms. The summed E-state index contributed by atoms with van der Waals surface area (Å²) in [4.78, 5) is 39.4. The Morgan fingerprint density at radius 2 is 1.72 bits per heavy atom. The van der Waals surface area contributed by atoms with Crippen LogP contribution in [0.1, 0.15) is 31.7 Å². The first-order valence-electron chi connectivity index (χ1n) is 12.8. The van der Waals surface area contributed by atoms with Crippen LogP contribution in [0.15, 0.2) is 59.5 Å². The van der Waals surface area contributed by atoms with E-state index in [0.29, 0.717) is 43.9 Å². The van der Waals surface area contributed by atoms with Gasteiger partial charge in [-0.1, -0.05) is 30.3 Å². The molecule has 1 fully saturated rings. The van der Waals surface area contributed by atoms with Crippen LogP contribution in [-0.2, 0) is 35.6 Å². The van der Waals surface area contributed by atoms with Gasteiger partial charge in [-0.05, 0) is 56.0 Å². The molecule has 12 heteroatoms. The largest absolute Gasteiger partial charge is 0.497 e. The van der Waals surface area contributed by atoms with Gasteiger partial charge in [0, 0.05) is 26.1 Å². The molecule has 1 aliphatic rings. The van der Waals surface area contributed by atoms with Crippen molar-refractivity contribution < 1.29 is 37.5 Å². The Labute approximate surface area is 228 Å². The van der Waals surface area contributed by atoms with Crippen LogP contribution in [0.2, 0.25) is 0 Å². The highest BCUT2D eigenvalue weighted by atomic mass is 32.2. The van der Waals surface area contributed by atoms with Crippen molar-refractivity contribution in [2.45, 2.75) is 43.5 Å². The number of esters is 1. The molecular formula is C27H35N3O8S. The predicted octanol–water partition coefficient (Wildman–Crippen LogP) is 1.99. The van der Waals surface area contributed by atoms with Gasteiger partial charge in [0.1, 0.15) is 11.8 Å². The highest BCUT2D eigenvalue weighted by Gasteiger charge is 2.37. The molecule has 2 aromatic rings. The van der Waals surface area contributed by atoms with Crippen molar-refractivity contribution >= 4 is 27.8 Å². The Kier molecular flexibility index (Phi) is 10.8. The number of nitrogens with zero attached hydrogens (tertiary/aromatic N) is 2. The number of methoxy groups -OCH3 is 1. The van der Waals surface area contributed by atoms with E-state index >= 15 is 0 Å². The molecule has 2 aromatic carbocycles. The SMILES string of the molecule is CCOC(=O)C1CCN(C(=O)CCN(C(Cc2ccccc2)C(=O)NO)S(=O)(=O)c2ccc(OC)cc2)CC1. The Balaban J connectivity index is 1.84. The zero-order valence-corrected chi connectivity index (χ0v) is 22.9. The summed E-state index contributed by atoms with van der Waals surface area (Å²) in [5.41, 5.74) is 2.25. The van der Waals surface area contributed by atoms with Crippen LogP contribution in [0.5, 0.6) is 5.75 Å². The van der Waals surface area contributed by atoms with E-state index in [1.807, 2.05) is 0 Å². The Bertz CT molecular complexity index is 1210. The zero-order valence-electron chi connectivity index (χ0n) is 22.1. The fraction of sp³-hybridized carbons (Fsp3) is 0.444. The number of hydroxylamine groups is 1. The van der Waals surface area contributed by atoms with Crippen molar-refractivity contribution in [2.24, 2.45) is 5.92 Å². The number of piperidine rings is 1. The maximum Gasteiger partial charge on any atom is 0.309 e. The van der Waals surface area contributed by atoms with E-state index in [2.05, 4.69) is 0 Å². The quantitative estimate of drug-likeness (QED) is 0.228. The topological polar surface area (TPSA) is 143 Å². The number of amides is 2. The third-order valence-electron chi connectivity index (χ3n) is 6.71. The number of hydrogen-bond donors (Lipinski definition) is 2. The van der Waals surface area contributed by atoms with Crippen molar-refractivity contribution in [3.05, 3.63) is 60.2 Å². The second-order valence-corrected chi connectivity index (χ2v) is 11.0. The van der Waals surface area contributed by atoms with E-state index in [1.165, 1.54) is 31.4 Å². The van der Waals surface area contributed by atoms with Crippen molar-refractivity contribution in [3.63, 3.8) is 0 Å². The molecular weight excluding hydrogens is 526 g/mol. The summed E-state index contributed by atoms with van der Waals surface area (Å²) in [5, 5.41) is 9.48. The van der Waals surface area contributed by atoms with Crippen LogP contribution in [0.25, 0.3) is 0 Å². The molecule has 0 aliphatic carbocycles. The molecule has 1 heterocycles. The molecule has 0 radical (unpaired) electrons. The second-order valence-electron chi connectivity index (χ2n) is 9.13. The predicted molar refractivity (Wildman–Crippen MR) is 141 cm³/mol. The van der Waals surface area contributed by atoms with E-state index in [4.69, 9.17) is 9.47 Å². The standard InChI is InChI=1S/C27H35N3O8S/c1-3-38-27(33)21-13-16-29(17-14-21)25(31)15-18-30(39(35,36)23-11-9-22(37-2)10-12-23)24(26(32)28-34)19-20-7-5-4-6-8-20/h4-12,21,24,34H,3,13-19H2,1-2H3,(H,28,32). The highest BCUT2D eigenvalue weighted by Crippen LogP contribution is 2.25. The average molecular weight is 562 g/mol. The van der Waals surface area contributed by atoms with Gasteiger partial charge in [-0.3, -0.25) is 19.6 Å². The number of hydrogen-bond acceptors (Lipinski definition) is 8. The number of sulfonamides is 1. The van der Waals surface area contributed by atoms with Gasteiger partial charge in [-0.25, -0.2) is 13.9 Å². The van der Waals surface area contributed by atoms with E-state index < -0.39 is 22.0 Å². The van der Waals surface area contributed by atoms with Gasteiger partial charge in [-0.2, -0.15) is 4.31 Å². The lowest BCUT2D eigenvalue weighted by Gasteiger charge is -2.33. The van der Waals surface area contributed by atoms with Gasteiger partial charge in [0.25, 0.3) is 5.91 Å². The lowest BCUT2D eigenvalue weighted by atomic mass is 9.97. The summed E-state index contributed by atoms with van der Waals surface area (Å²) in [6, 6.07) is 13.2. The monoisotopic (exact) mass is 561 g/mol. The third-order valence-corrected chi connectivity index (χ3v) is 8.63. The van der Waals surface area contributed by atoms with E-state index in [-0.39, 0.29) is 42.1 Å². The van der Waals surface area contributed by atoms with Gasteiger partial charge < -0.3 is 14.4 Å². The van der Waals surface area contributed by atoms with Crippen LogP contribution < -0.4 is 10.2 Å². The summed E-state index contributed by atoms with van der Waals surface area (Å²) in [6.07, 6.45) is 0.704. The lowest BCUT2D eigenvalue weighted by molar-refractivity contribution is -0.151. The maximum absolute atomic E-state index is 13.8. The van der Waals surface area contributed by atoms with Crippen molar-refractivity contribution in [2.75, 3.05) is 33.4 Å². The smallest absolute Gasteiger partial charge is 0.309 e. The molecule has 11 nitrogen and oxygen atoms in total. The molecule has 0 aromatic heterocycles. The number of rotatable bonds is 12. The first kappa shape index (κ1) is 30.1. The molecule has 212 valence electrons. The molecule has 1 aliphatic heterocycles. The molecule has 3 rings (SSSR count). The highest BCUT2D eigenvalue weighted by molar-refractivity contribution is 7.89. The van der Waals surface area contributed by atoms with Gasteiger partial charge in [-0.15, -0.1) is 0 Å². The van der Waals surface area contributed by atoms with Crippen LogP contribution in [0, 0.1) is 5.92 Å². The van der Waals surface area contributed by atoms with Crippen LogP contribution >= 0.6 is 0 Å². The Hall–Kier alpha value is -3.48. The molecule has 0 saturated carbocycles. The van der Waals surface area contributed by atoms with E-state index in [1.54, 1.807) is 47.6 Å². The molecule has 1 atom stereocenters. The number of likely N-dealkylation sites (tertiary alicyclic amines) is 1. The normalized spacial score (nSPS) is 15.0. The first-order valence-corrected chi connectivity index (χ1v) is 14.2. The van der Waals surface area contributed by atoms with Gasteiger partial charge in [0.05, 0.1) is 24.5 Å². The minimum absolute atomic E-state index is 0.0260. The molecule has 39 heavy (non-hydrogen) atoms. The fourth-order valence-corrected chi connectivity index (χ4v) is 6.14. The van der Waals surface area contributed by atoms with E-state index in [9.17, 15) is 28.0 Å². The third kappa shape index (κ3) is 7.78. The average Bonchev–Trinajstić information content (AvgIpc) is 2.96. The van der Waals surface area contributed by atoms with Crippen LogP contribution in [-0.4, -0.2) is 80.0 Å². The van der Waals surface area contributed by atoms with Crippen LogP contribution in [0.4, 0.5) is 0 Å². The minimum Gasteiger partial charge on any atom is -0.497 e. The van der Waals surface area contributed by atoms with Gasteiger partial charge >= 0.3 is 5.97 Å². The fourth-order valence-electron chi connectivity index (χ4n) is 4.55. The summed E-state index contributed by atoms with van der Waals surface area (Å²) < 4.78 is 38.8. The van der Waals surface area contributed by atoms with Crippen molar-refractivity contribution in [1.82, 2.24) is 14.7 Å². The van der Waals surface area contributed by atoms with Crippen molar-refractivity contribution in [3.8, 4) is 5.75 Å². The van der Waals surface area contributed by atoms with Crippen LogP contribution in [0.3, 0.4) is 0 Å². The second kappa shape index (κ2) is 14.1. The molecule has 2 amide bonds. The van der Waals surface area contributed by atoms with E-state index in [0.717, 1.165) is 4.31 Å². The minimum atomic E-state index is -4.28. The molecule has 0 bridgehead atoms. The van der Waals surface area contributed by atoms with Gasteiger partial charge in [0.15, 0.2) is 0 Å². The Morgan fingerprint density at radius 1 is 1.08 bits per heavy atom. The number of carbonyl (C=O) groups excluding carboxylic acids is 3. The summed E-state index contributed by atoms with van der Waals surface area (Å²) in [5.74, 6) is -1.31. The van der Waals surface area contributed by atoms with Gasteiger partial charge in [0.2, 0.25) is 15.9 Å². The lowest BCUT2D eigenvalue weighted by Crippen LogP contribution is -2.51. The maximum atomic E-state index is 13.8. The summed E-state index contributed by atoms with van der Waals surface area (Å²) in [7, 11) is -2.82. The Morgan fingerprint density at radius 3 is 2.28 bits per heavy atom. The zero-order chi connectivity index (χ0) is 28.4. The number of carbonyl (C=O) groups is 3.